The van der Waals surface area contributed by atoms with Gasteiger partial charge in [0.2, 0.25) is 0 Å². The number of rotatable bonds is 6. The summed E-state index contributed by atoms with van der Waals surface area (Å²) < 4.78 is 0. The molecule has 0 atom stereocenters. The average Bonchev–Trinajstić information content (AvgIpc) is 3.11. The first kappa shape index (κ1) is 15.3. The number of nitrogens with one attached hydrogen (secondary N) is 1. The topological polar surface area (TPSA) is 83.0 Å². The monoisotopic (exact) mass is 352 g/mol. The summed E-state index contributed by atoms with van der Waals surface area (Å²) in [5.41, 5.74) is 0.779. The Morgan fingerprint density at radius 2 is 2.27 bits per heavy atom. The minimum Gasteiger partial charge on any atom is -0.481 e. The second-order valence-electron chi connectivity index (χ2n) is 4.52. The van der Waals surface area contributed by atoms with Gasteiger partial charge in [0, 0.05) is 28.0 Å². The molecule has 0 spiro atoms. The molecule has 3 heterocycles. The van der Waals surface area contributed by atoms with Crippen LogP contribution in [0, 0.1) is 0 Å². The highest BCUT2D eigenvalue weighted by Crippen LogP contribution is 2.34. The summed E-state index contributed by atoms with van der Waals surface area (Å²) in [4.78, 5) is 31.8. The Balaban J connectivity index is 1.85. The molecule has 22 heavy (non-hydrogen) atoms. The molecule has 0 aromatic carbocycles. The number of carbonyl (C=O) groups is 1. The van der Waals surface area contributed by atoms with Crippen LogP contribution in [0.1, 0.15) is 12.8 Å². The van der Waals surface area contributed by atoms with Crippen LogP contribution in [-0.4, -0.2) is 26.8 Å². The van der Waals surface area contributed by atoms with Gasteiger partial charge in [0.05, 0.1) is 5.39 Å². The maximum Gasteiger partial charge on any atom is 0.303 e. The van der Waals surface area contributed by atoms with Crippen LogP contribution in [0.15, 0.2) is 32.8 Å². The van der Waals surface area contributed by atoms with E-state index in [9.17, 15) is 9.59 Å². The Hall–Kier alpha value is -1.64. The predicted octanol–water partition coefficient (Wildman–Crippen LogP) is 3.67. The van der Waals surface area contributed by atoms with Crippen LogP contribution in [0.5, 0.6) is 0 Å². The number of carboxylic acid groups (broad SMARTS) is 1. The number of thiophene rings is 2. The van der Waals surface area contributed by atoms with Crippen LogP contribution in [0.25, 0.3) is 20.7 Å². The molecule has 0 saturated carbocycles. The summed E-state index contributed by atoms with van der Waals surface area (Å²) in [5.74, 6) is -0.194. The minimum absolute atomic E-state index is 0.126. The van der Waals surface area contributed by atoms with Gasteiger partial charge in [0.1, 0.15) is 4.83 Å². The van der Waals surface area contributed by atoms with Crippen LogP contribution in [-0.2, 0) is 4.79 Å². The fourth-order valence-corrected chi connectivity index (χ4v) is 4.63. The van der Waals surface area contributed by atoms with Crippen molar-refractivity contribution in [2.45, 2.75) is 18.0 Å². The Kier molecular flexibility index (Phi) is 4.60. The van der Waals surface area contributed by atoms with Gasteiger partial charge in [-0.3, -0.25) is 9.59 Å². The second kappa shape index (κ2) is 6.64. The van der Waals surface area contributed by atoms with Crippen molar-refractivity contribution in [3.8, 4) is 10.4 Å². The molecule has 3 rings (SSSR count). The van der Waals surface area contributed by atoms with E-state index < -0.39 is 5.97 Å². The molecule has 0 fully saturated rings. The maximum atomic E-state index is 12.3. The Morgan fingerprint density at radius 1 is 1.41 bits per heavy atom. The molecule has 0 aliphatic carbocycles. The summed E-state index contributed by atoms with van der Waals surface area (Å²) in [6.45, 7) is 0. The Bertz CT molecular complexity index is 852. The zero-order valence-electron chi connectivity index (χ0n) is 11.4. The first-order valence-corrected chi connectivity index (χ1v) is 9.29. The lowest BCUT2D eigenvalue weighted by Gasteiger charge is -2.00. The first-order chi connectivity index (χ1) is 10.6. The molecule has 114 valence electrons. The highest BCUT2D eigenvalue weighted by molar-refractivity contribution is 7.99. The molecule has 0 aliphatic heterocycles. The molecule has 0 radical (unpaired) electrons. The van der Waals surface area contributed by atoms with E-state index in [0.717, 1.165) is 10.4 Å². The van der Waals surface area contributed by atoms with Crippen molar-refractivity contribution in [3.63, 3.8) is 0 Å². The molecule has 2 N–H and O–H groups in total. The number of H-pyrrole nitrogens is 1. The van der Waals surface area contributed by atoms with Crippen LogP contribution in [0.4, 0.5) is 0 Å². The lowest BCUT2D eigenvalue weighted by molar-refractivity contribution is -0.137. The van der Waals surface area contributed by atoms with E-state index in [0.29, 0.717) is 27.5 Å². The highest BCUT2D eigenvalue weighted by atomic mass is 32.2. The molecule has 0 amide bonds. The number of carboxylic acids is 1. The van der Waals surface area contributed by atoms with Crippen molar-refractivity contribution in [2.24, 2.45) is 0 Å². The number of hydrogen-bond acceptors (Lipinski definition) is 6. The standard InChI is InChI=1S/C14H12N2O3S3/c17-10(18)4-2-6-21-14-15-12(19)11-8(7-22-13(11)16-14)9-3-1-5-20-9/h1,3,5,7H,2,4,6H2,(H,17,18)(H,15,16,19). The van der Waals surface area contributed by atoms with Gasteiger partial charge in [-0.2, -0.15) is 0 Å². The van der Waals surface area contributed by atoms with Crippen LogP contribution >= 0.6 is 34.4 Å². The number of aromatic nitrogens is 2. The van der Waals surface area contributed by atoms with Gasteiger partial charge in [0.25, 0.3) is 5.56 Å². The first-order valence-electron chi connectivity index (χ1n) is 6.55. The highest BCUT2D eigenvalue weighted by Gasteiger charge is 2.13. The van der Waals surface area contributed by atoms with E-state index in [4.69, 9.17) is 5.11 Å². The Morgan fingerprint density at radius 3 is 3.00 bits per heavy atom. The van der Waals surface area contributed by atoms with Crippen LogP contribution < -0.4 is 5.56 Å². The van der Waals surface area contributed by atoms with Crippen molar-refractivity contribution in [2.75, 3.05) is 5.75 Å². The molecule has 5 nitrogen and oxygen atoms in total. The number of thioether (sulfide) groups is 1. The van der Waals surface area contributed by atoms with E-state index >= 15 is 0 Å². The van der Waals surface area contributed by atoms with Crippen molar-refractivity contribution in [1.82, 2.24) is 9.97 Å². The van der Waals surface area contributed by atoms with Gasteiger partial charge in [0.15, 0.2) is 5.16 Å². The molecule has 3 aromatic rings. The van der Waals surface area contributed by atoms with E-state index in [1.807, 2.05) is 22.9 Å². The quantitative estimate of drug-likeness (QED) is 0.402. The molecule has 0 unspecified atom stereocenters. The van der Waals surface area contributed by atoms with Crippen molar-refractivity contribution >= 4 is 50.6 Å². The van der Waals surface area contributed by atoms with E-state index in [1.165, 1.54) is 23.1 Å². The number of hydrogen-bond donors (Lipinski definition) is 2. The third-order valence-electron chi connectivity index (χ3n) is 2.98. The number of aromatic amines is 1. The molecular formula is C14H12N2O3S3. The van der Waals surface area contributed by atoms with Gasteiger partial charge in [-0.25, -0.2) is 4.98 Å². The molecule has 8 heteroatoms. The number of fused-ring (bicyclic) bond motifs is 1. The van der Waals surface area contributed by atoms with Crippen LogP contribution in [0.3, 0.4) is 0 Å². The average molecular weight is 352 g/mol. The zero-order chi connectivity index (χ0) is 15.5. The summed E-state index contributed by atoms with van der Waals surface area (Å²) in [6, 6.07) is 3.94. The van der Waals surface area contributed by atoms with E-state index in [1.54, 1.807) is 11.3 Å². The maximum absolute atomic E-state index is 12.3. The molecule has 0 bridgehead atoms. The van der Waals surface area contributed by atoms with Gasteiger partial charge in [-0.15, -0.1) is 22.7 Å². The van der Waals surface area contributed by atoms with Gasteiger partial charge < -0.3 is 10.1 Å². The fourth-order valence-electron chi connectivity index (χ4n) is 2.00. The van der Waals surface area contributed by atoms with E-state index in [2.05, 4.69) is 9.97 Å². The lowest BCUT2D eigenvalue weighted by atomic mass is 10.2. The predicted molar refractivity (Wildman–Crippen MR) is 91.1 cm³/mol. The third-order valence-corrected chi connectivity index (χ3v) is 5.72. The van der Waals surface area contributed by atoms with E-state index in [-0.39, 0.29) is 12.0 Å². The summed E-state index contributed by atoms with van der Waals surface area (Å²) >= 11 is 4.42. The van der Waals surface area contributed by atoms with Crippen molar-refractivity contribution < 1.29 is 9.90 Å². The number of nitrogens with zero attached hydrogens (tertiary/aromatic N) is 1. The summed E-state index contributed by atoms with van der Waals surface area (Å²) in [5, 5.41) is 13.7. The fraction of sp³-hybridized carbons (Fsp3) is 0.214. The lowest BCUT2D eigenvalue weighted by Crippen LogP contribution is -2.08. The molecule has 3 aromatic heterocycles. The van der Waals surface area contributed by atoms with Gasteiger partial charge >= 0.3 is 5.97 Å². The largest absolute Gasteiger partial charge is 0.481 e. The molecular weight excluding hydrogens is 340 g/mol. The van der Waals surface area contributed by atoms with Gasteiger partial charge in [-0.05, 0) is 17.9 Å². The minimum atomic E-state index is -0.809. The van der Waals surface area contributed by atoms with Crippen LogP contribution in [0.2, 0.25) is 0 Å². The molecule has 0 aliphatic rings. The zero-order valence-corrected chi connectivity index (χ0v) is 13.8. The smallest absolute Gasteiger partial charge is 0.303 e. The summed E-state index contributed by atoms with van der Waals surface area (Å²) in [7, 11) is 0. The third kappa shape index (κ3) is 3.23. The second-order valence-corrected chi connectivity index (χ2v) is 7.41. The van der Waals surface area contributed by atoms with Crippen molar-refractivity contribution in [1.29, 1.82) is 0 Å². The normalized spacial score (nSPS) is 11.1. The van der Waals surface area contributed by atoms with Gasteiger partial charge in [-0.1, -0.05) is 17.8 Å². The Labute approximate surface area is 138 Å². The number of aliphatic carboxylic acids is 1. The summed E-state index contributed by atoms with van der Waals surface area (Å²) in [6.07, 6.45) is 0.674. The SMILES string of the molecule is O=C(O)CCCSc1nc2scc(-c3cccs3)c2c(=O)[nH]1. The van der Waals surface area contributed by atoms with Crippen molar-refractivity contribution in [3.05, 3.63) is 33.2 Å². The molecule has 0 saturated heterocycles.